The molecule has 5 aromatic rings. The number of carbonyl (C=O) groups is 1. The number of esters is 1. The van der Waals surface area contributed by atoms with E-state index in [2.05, 4.69) is 10.4 Å². The number of anilines is 1. The second kappa shape index (κ2) is 9.20. The van der Waals surface area contributed by atoms with E-state index < -0.39 is 17.8 Å². The molecular weight excluding hydrogens is 473 g/mol. The number of aryl methyl sites for hydroxylation is 2. The van der Waals surface area contributed by atoms with Crippen LogP contribution in [0.25, 0.3) is 33.2 Å². The Kier molecular flexibility index (Phi) is 6.03. The number of nitrogens with zero attached hydrogens (tertiary/aromatic N) is 2. The molecule has 7 nitrogen and oxygen atoms in total. The number of methoxy groups -OCH3 is 1. The molecule has 0 fully saturated rings. The van der Waals surface area contributed by atoms with Crippen molar-refractivity contribution in [3.8, 4) is 11.3 Å². The van der Waals surface area contributed by atoms with Gasteiger partial charge in [0.25, 0.3) is 0 Å². The molecule has 37 heavy (non-hydrogen) atoms. The van der Waals surface area contributed by atoms with Crippen molar-refractivity contribution in [1.82, 2.24) is 9.78 Å². The molecule has 188 valence electrons. The molecule has 0 aliphatic carbocycles. The summed E-state index contributed by atoms with van der Waals surface area (Å²) in [6, 6.07) is 13.3. The van der Waals surface area contributed by atoms with Crippen LogP contribution in [0.5, 0.6) is 0 Å². The smallest absolute Gasteiger partial charge is 0.342 e. The first-order valence-electron chi connectivity index (χ1n) is 11.8. The third-order valence-electron chi connectivity index (χ3n) is 6.51. The number of hydrogen-bond donors (Lipinski definition) is 1. The SMILES string of the molecule is COC(=O)c1c(F)cccc1N[C@H](C)c1cc(C)cc2c(=O)c(C)c(-c3ccc4nn(C)cc4c3)oc12. The first-order valence-corrected chi connectivity index (χ1v) is 11.8. The number of rotatable bonds is 5. The second-order valence-corrected chi connectivity index (χ2v) is 9.21. The number of benzene rings is 3. The maximum absolute atomic E-state index is 14.5. The first kappa shape index (κ1) is 24.2. The Balaban J connectivity index is 1.67. The largest absolute Gasteiger partial charge is 0.465 e. The minimum absolute atomic E-state index is 0.124. The van der Waals surface area contributed by atoms with E-state index in [0.717, 1.165) is 22.0 Å². The molecule has 5 rings (SSSR count). The summed E-state index contributed by atoms with van der Waals surface area (Å²) in [6.07, 6.45) is 1.91. The topological polar surface area (TPSA) is 86.4 Å². The van der Waals surface area contributed by atoms with Crippen molar-refractivity contribution in [2.45, 2.75) is 26.8 Å². The van der Waals surface area contributed by atoms with E-state index in [-0.39, 0.29) is 16.7 Å². The van der Waals surface area contributed by atoms with Crippen molar-refractivity contribution in [2.24, 2.45) is 7.05 Å². The Morgan fingerprint density at radius 2 is 1.95 bits per heavy atom. The third kappa shape index (κ3) is 4.24. The zero-order valence-corrected chi connectivity index (χ0v) is 21.2. The van der Waals surface area contributed by atoms with E-state index in [1.807, 2.05) is 51.4 Å². The Hall–Kier alpha value is -4.46. The van der Waals surface area contributed by atoms with Crippen molar-refractivity contribution in [3.63, 3.8) is 0 Å². The molecule has 1 N–H and O–H groups in total. The van der Waals surface area contributed by atoms with E-state index in [0.29, 0.717) is 27.9 Å². The molecule has 0 radical (unpaired) electrons. The van der Waals surface area contributed by atoms with Crippen LogP contribution in [-0.2, 0) is 11.8 Å². The maximum Gasteiger partial charge on any atom is 0.342 e. The molecule has 0 saturated carbocycles. The van der Waals surface area contributed by atoms with E-state index in [4.69, 9.17) is 9.15 Å². The summed E-state index contributed by atoms with van der Waals surface area (Å²) < 4.78 is 27.5. The molecule has 0 aliphatic heterocycles. The van der Waals surface area contributed by atoms with Crippen LogP contribution in [-0.4, -0.2) is 22.9 Å². The van der Waals surface area contributed by atoms with Crippen LogP contribution in [0, 0.1) is 19.7 Å². The number of hydrogen-bond acceptors (Lipinski definition) is 6. The quantitative estimate of drug-likeness (QED) is 0.296. The van der Waals surface area contributed by atoms with Gasteiger partial charge in [-0.05, 0) is 62.7 Å². The van der Waals surface area contributed by atoms with Gasteiger partial charge in [-0.25, -0.2) is 9.18 Å². The lowest BCUT2D eigenvalue weighted by molar-refractivity contribution is 0.0596. The molecular formula is C29H26FN3O4. The summed E-state index contributed by atoms with van der Waals surface area (Å²) in [6.45, 7) is 5.52. The molecule has 0 saturated heterocycles. The lowest BCUT2D eigenvalue weighted by Gasteiger charge is -2.20. The number of halogens is 1. The highest BCUT2D eigenvalue weighted by Crippen LogP contribution is 2.34. The Labute approximate surface area is 212 Å². The van der Waals surface area contributed by atoms with Crippen LogP contribution in [0.3, 0.4) is 0 Å². The predicted octanol–water partition coefficient (Wildman–Crippen LogP) is 6.06. The minimum atomic E-state index is -0.780. The molecule has 0 amide bonds. The fourth-order valence-corrected chi connectivity index (χ4v) is 4.72. The summed E-state index contributed by atoms with van der Waals surface area (Å²) in [5.41, 5.74) is 4.10. The van der Waals surface area contributed by atoms with Gasteiger partial charge in [0.05, 0.1) is 29.7 Å². The van der Waals surface area contributed by atoms with E-state index in [1.165, 1.54) is 19.2 Å². The van der Waals surface area contributed by atoms with Crippen molar-refractivity contribution >= 4 is 33.5 Å². The number of carbonyl (C=O) groups excluding carboxylic acids is 1. The van der Waals surface area contributed by atoms with Crippen LogP contribution in [0.15, 0.2) is 63.9 Å². The lowest BCUT2D eigenvalue weighted by Crippen LogP contribution is -2.15. The zero-order valence-electron chi connectivity index (χ0n) is 21.2. The average Bonchev–Trinajstić information content (AvgIpc) is 3.25. The second-order valence-electron chi connectivity index (χ2n) is 9.21. The highest BCUT2D eigenvalue weighted by atomic mass is 19.1. The van der Waals surface area contributed by atoms with Crippen LogP contribution in [0.1, 0.15) is 40.0 Å². The summed E-state index contributed by atoms with van der Waals surface area (Å²) >= 11 is 0. The summed E-state index contributed by atoms with van der Waals surface area (Å²) in [7, 11) is 3.06. The normalized spacial score (nSPS) is 12.2. The summed E-state index contributed by atoms with van der Waals surface area (Å²) in [5, 5.41) is 9.01. The minimum Gasteiger partial charge on any atom is -0.465 e. The van der Waals surface area contributed by atoms with Gasteiger partial charge in [-0.15, -0.1) is 0 Å². The Bertz CT molecular complexity index is 1750. The van der Waals surface area contributed by atoms with Gasteiger partial charge in [0.2, 0.25) is 0 Å². The van der Waals surface area contributed by atoms with Crippen LogP contribution >= 0.6 is 0 Å². The molecule has 3 aromatic carbocycles. The van der Waals surface area contributed by atoms with Gasteiger partial charge in [-0.1, -0.05) is 12.1 Å². The van der Waals surface area contributed by atoms with Gasteiger partial charge in [-0.3, -0.25) is 9.48 Å². The highest BCUT2D eigenvalue weighted by Gasteiger charge is 2.22. The van der Waals surface area contributed by atoms with Crippen molar-refractivity contribution < 1.29 is 18.3 Å². The molecule has 2 heterocycles. The first-order chi connectivity index (χ1) is 17.7. The van der Waals surface area contributed by atoms with Gasteiger partial charge < -0.3 is 14.5 Å². The number of ether oxygens (including phenoxy) is 1. The van der Waals surface area contributed by atoms with Crippen LogP contribution in [0.2, 0.25) is 0 Å². The Morgan fingerprint density at radius 1 is 1.16 bits per heavy atom. The van der Waals surface area contributed by atoms with Crippen LogP contribution < -0.4 is 10.7 Å². The van der Waals surface area contributed by atoms with E-state index >= 15 is 0 Å². The zero-order chi connectivity index (χ0) is 26.4. The van der Waals surface area contributed by atoms with Crippen molar-refractivity contribution in [1.29, 1.82) is 0 Å². The number of fused-ring (bicyclic) bond motifs is 2. The average molecular weight is 500 g/mol. The van der Waals surface area contributed by atoms with Gasteiger partial charge >= 0.3 is 5.97 Å². The predicted molar refractivity (Wildman–Crippen MR) is 141 cm³/mol. The van der Waals surface area contributed by atoms with Crippen LogP contribution in [0.4, 0.5) is 10.1 Å². The molecule has 0 unspecified atom stereocenters. The number of aromatic nitrogens is 2. The fraction of sp³-hybridized carbons (Fsp3) is 0.207. The van der Waals surface area contributed by atoms with Gasteiger partial charge in [0, 0.05) is 35.3 Å². The van der Waals surface area contributed by atoms with Gasteiger partial charge in [0.1, 0.15) is 22.7 Å². The maximum atomic E-state index is 14.5. The summed E-state index contributed by atoms with van der Waals surface area (Å²) in [5.74, 6) is -0.993. The lowest BCUT2D eigenvalue weighted by atomic mass is 9.98. The fourth-order valence-electron chi connectivity index (χ4n) is 4.72. The van der Waals surface area contributed by atoms with Gasteiger partial charge in [-0.2, -0.15) is 5.10 Å². The molecule has 0 spiro atoms. The molecule has 8 heteroatoms. The molecule has 0 bridgehead atoms. The molecule has 0 aliphatic rings. The Morgan fingerprint density at radius 3 is 2.70 bits per heavy atom. The highest BCUT2D eigenvalue weighted by molar-refractivity contribution is 5.96. The summed E-state index contributed by atoms with van der Waals surface area (Å²) in [4.78, 5) is 25.7. The number of nitrogens with one attached hydrogen (secondary N) is 1. The van der Waals surface area contributed by atoms with Crippen molar-refractivity contribution in [3.05, 3.63) is 93.0 Å². The molecule has 1 atom stereocenters. The molecule has 2 aromatic heterocycles. The van der Waals surface area contributed by atoms with E-state index in [1.54, 1.807) is 23.7 Å². The third-order valence-corrected chi connectivity index (χ3v) is 6.51. The van der Waals surface area contributed by atoms with Gasteiger partial charge in [0.15, 0.2) is 5.43 Å². The van der Waals surface area contributed by atoms with Crippen molar-refractivity contribution in [2.75, 3.05) is 12.4 Å². The monoisotopic (exact) mass is 499 g/mol. The standard InChI is InChI=1S/C29H26FN3O4/c1-15-11-20(17(3)31-24-8-6-7-22(30)25(24)29(35)36-5)28-21(12-15)26(34)16(2)27(37-28)18-9-10-23-19(13-18)14-33(4)32-23/h6-14,17,31H,1-5H3/t17-/m1/s1. The van der Waals surface area contributed by atoms with E-state index in [9.17, 15) is 14.0 Å².